The highest BCUT2D eigenvalue weighted by molar-refractivity contribution is 6.33. The van der Waals surface area contributed by atoms with E-state index in [0.717, 1.165) is 29.7 Å². The summed E-state index contributed by atoms with van der Waals surface area (Å²) in [5.74, 6) is -1.94. The minimum atomic E-state index is -1.24. The number of benzene rings is 2. The number of carboxylic acids is 1. The van der Waals surface area contributed by atoms with Gasteiger partial charge in [-0.15, -0.1) is 0 Å². The van der Waals surface area contributed by atoms with Crippen molar-refractivity contribution in [3.8, 4) is 0 Å². The number of carboxylic acid groups (broad SMARTS) is 1. The second-order valence-corrected chi connectivity index (χ2v) is 5.46. The van der Waals surface area contributed by atoms with Gasteiger partial charge in [-0.1, -0.05) is 23.7 Å². The van der Waals surface area contributed by atoms with E-state index in [1.807, 2.05) is 18.2 Å². The number of aryl methyl sites for hydroxylation is 1. The van der Waals surface area contributed by atoms with Gasteiger partial charge in [0.15, 0.2) is 0 Å². The molecule has 0 heterocycles. The Morgan fingerprint density at radius 1 is 1.33 bits per heavy atom. The van der Waals surface area contributed by atoms with Crippen LogP contribution in [0.15, 0.2) is 36.4 Å². The van der Waals surface area contributed by atoms with Crippen LogP contribution in [0.2, 0.25) is 5.02 Å². The van der Waals surface area contributed by atoms with E-state index in [1.165, 1.54) is 12.1 Å². The molecule has 0 bridgehead atoms. The Hall–Kier alpha value is -2.07. The molecule has 1 atom stereocenters. The summed E-state index contributed by atoms with van der Waals surface area (Å²) < 4.78 is 13.9. The van der Waals surface area contributed by atoms with Gasteiger partial charge in [0.05, 0.1) is 22.3 Å². The van der Waals surface area contributed by atoms with Gasteiger partial charge in [0.1, 0.15) is 5.82 Å². The number of fused-ring (bicyclic) bond motifs is 1. The molecule has 3 nitrogen and oxygen atoms in total. The van der Waals surface area contributed by atoms with Crippen molar-refractivity contribution in [3.63, 3.8) is 0 Å². The monoisotopic (exact) mass is 305 g/mol. The molecule has 0 amide bonds. The summed E-state index contributed by atoms with van der Waals surface area (Å²) in [6.45, 7) is 0. The summed E-state index contributed by atoms with van der Waals surface area (Å²) in [7, 11) is 0. The maximum absolute atomic E-state index is 13.9. The van der Waals surface area contributed by atoms with Gasteiger partial charge in [-0.05, 0) is 48.2 Å². The van der Waals surface area contributed by atoms with Crippen LogP contribution >= 0.6 is 11.6 Å². The third kappa shape index (κ3) is 2.59. The lowest BCUT2D eigenvalue weighted by Crippen LogP contribution is -2.09. The number of hydrogen-bond acceptors (Lipinski definition) is 2. The van der Waals surface area contributed by atoms with E-state index in [9.17, 15) is 9.18 Å². The van der Waals surface area contributed by atoms with Crippen molar-refractivity contribution in [1.82, 2.24) is 0 Å². The molecule has 0 fully saturated rings. The lowest BCUT2D eigenvalue weighted by Gasteiger charge is -2.17. The lowest BCUT2D eigenvalue weighted by atomic mass is 10.0. The van der Waals surface area contributed by atoms with Crippen LogP contribution in [0.1, 0.15) is 33.9 Å². The zero-order valence-electron chi connectivity index (χ0n) is 11.1. The van der Waals surface area contributed by atoms with Crippen LogP contribution in [0.3, 0.4) is 0 Å². The number of carbonyl (C=O) groups is 1. The van der Waals surface area contributed by atoms with Gasteiger partial charge in [0.25, 0.3) is 0 Å². The van der Waals surface area contributed by atoms with Gasteiger partial charge in [-0.25, -0.2) is 9.18 Å². The van der Waals surface area contributed by atoms with Gasteiger partial charge < -0.3 is 10.4 Å². The Morgan fingerprint density at radius 3 is 2.81 bits per heavy atom. The molecule has 0 aromatic heterocycles. The van der Waals surface area contributed by atoms with Crippen molar-refractivity contribution in [2.24, 2.45) is 0 Å². The Kier molecular flexibility index (Phi) is 3.55. The number of para-hydroxylation sites is 1. The molecule has 0 radical (unpaired) electrons. The summed E-state index contributed by atoms with van der Waals surface area (Å²) in [5.41, 5.74) is 2.20. The predicted octanol–water partition coefficient (Wildman–Crippen LogP) is 4.28. The van der Waals surface area contributed by atoms with Crippen LogP contribution in [0, 0.1) is 5.82 Å². The van der Waals surface area contributed by atoms with Crippen LogP contribution in [0.4, 0.5) is 10.1 Å². The predicted molar refractivity (Wildman–Crippen MR) is 79.5 cm³/mol. The zero-order valence-corrected chi connectivity index (χ0v) is 11.8. The van der Waals surface area contributed by atoms with Crippen LogP contribution < -0.4 is 5.32 Å². The maximum atomic E-state index is 13.9. The average molecular weight is 306 g/mol. The van der Waals surface area contributed by atoms with Crippen LogP contribution in [0.5, 0.6) is 0 Å². The minimum Gasteiger partial charge on any atom is -0.478 e. The van der Waals surface area contributed by atoms with Crippen LogP contribution in [0.25, 0.3) is 0 Å². The normalized spacial score (nSPS) is 16.6. The fourth-order valence-corrected chi connectivity index (χ4v) is 2.90. The van der Waals surface area contributed by atoms with E-state index in [1.54, 1.807) is 6.07 Å². The van der Waals surface area contributed by atoms with Gasteiger partial charge in [-0.2, -0.15) is 0 Å². The fraction of sp³-hybridized carbons (Fsp3) is 0.188. The van der Waals surface area contributed by atoms with Crippen molar-refractivity contribution in [2.75, 3.05) is 5.32 Å². The highest BCUT2D eigenvalue weighted by Gasteiger charge is 2.26. The molecule has 5 heteroatoms. The van der Waals surface area contributed by atoms with E-state index in [4.69, 9.17) is 16.7 Å². The largest absolute Gasteiger partial charge is 0.478 e. The zero-order chi connectivity index (χ0) is 15.0. The van der Waals surface area contributed by atoms with E-state index in [-0.39, 0.29) is 11.6 Å². The van der Waals surface area contributed by atoms with Gasteiger partial charge in [-0.3, -0.25) is 0 Å². The minimum absolute atomic E-state index is 0.0581. The van der Waals surface area contributed by atoms with Crippen molar-refractivity contribution in [1.29, 1.82) is 0 Å². The molecule has 2 aromatic rings. The van der Waals surface area contributed by atoms with E-state index in [0.29, 0.717) is 5.02 Å². The van der Waals surface area contributed by atoms with Gasteiger partial charge >= 0.3 is 5.97 Å². The third-order valence-electron chi connectivity index (χ3n) is 3.74. The number of rotatable bonds is 3. The molecular formula is C16H13ClFNO2. The van der Waals surface area contributed by atoms with Crippen LogP contribution in [-0.2, 0) is 6.42 Å². The summed E-state index contributed by atoms with van der Waals surface area (Å²) in [5, 5.41) is 12.9. The number of anilines is 1. The molecule has 0 saturated heterocycles. The molecule has 2 N–H and O–H groups in total. The summed E-state index contributed by atoms with van der Waals surface area (Å²) in [4.78, 5) is 11.0. The molecule has 0 aliphatic heterocycles. The molecule has 1 aliphatic carbocycles. The molecule has 2 aromatic carbocycles. The van der Waals surface area contributed by atoms with Crippen molar-refractivity contribution in [2.45, 2.75) is 18.9 Å². The molecule has 0 saturated carbocycles. The topological polar surface area (TPSA) is 49.3 Å². The van der Waals surface area contributed by atoms with E-state index < -0.39 is 11.8 Å². The number of aromatic carboxylic acids is 1. The van der Waals surface area contributed by atoms with Crippen LogP contribution in [-0.4, -0.2) is 11.1 Å². The van der Waals surface area contributed by atoms with E-state index in [2.05, 4.69) is 5.32 Å². The summed E-state index contributed by atoms with van der Waals surface area (Å²) in [6.07, 6.45) is 1.50. The second-order valence-electron chi connectivity index (χ2n) is 5.05. The Morgan fingerprint density at radius 2 is 2.10 bits per heavy atom. The Labute approximate surface area is 126 Å². The van der Waals surface area contributed by atoms with Gasteiger partial charge in [0.2, 0.25) is 0 Å². The standard InChI is InChI=1S/C16H13ClFNO2/c17-12-3-1-2-4-15(12)19-14-6-5-9-7-11(16(20)21)13(18)8-10(9)14/h1-4,7-8,14,19H,5-6H2,(H,20,21). The first-order valence-electron chi connectivity index (χ1n) is 6.63. The van der Waals surface area contributed by atoms with Crippen molar-refractivity contribution >= 4 is 23.3 Å². The first-order valence-corrected chi connectivity index (χ1v) is 7.00. The first-order chi connectivity index (χ1) is 10.1. The average Bonchev–Trinajstić information content (AvgIpc) is 2.82. The third-order valence-corrected chi connectivity index (χ3v) is 4.07. The highest BCUT2D eigenvalue weighted by atomic mass is 35.5. The molecule has 108 valence electrons. The molecule has 0 spiro atoms. The second kappa shape index (κ2) is 5.37. The fourth-order valence-electron chi connectivity index (χ4n) is 2.71. The molecular weight excluding hydrogens is 293 g/mol. The lowest BCUT2D eigenvalue weighted by molar-refractivity contribution is 0.0691. The smallest absolute Gasteiger partial charge is 0.338 e. The molecule has 1 unspecified atom stereocenters. The maximum Gasteiger partial charge on any atom is 0.338 e. The SMILES string of the molecule is O=C(O)c1cc2c(cc1F)C(Nc1ccccc1Cl)CC2. The van der Waals surface area contributed by atoms with Crippen molar-refractivity contribution in [3.05, 3.63) is 63.9 Å². The van der Waals surface area contributed by atoms with Gasteiger partial charge in [0, 0.05) is 0 Å². The summed E-state index contributed by atoms with van der Waals surface area (Å²) in [6, 6.07) is 10.1. The quantitative estimate of drug-likeness (QED) is 0.890. The summed E-state index contributed by atoms with van der Waals surface area (Å²) >= 11 is 6.11. The van der Waals surface area contributed by atoms with Crippen molar-refractivity contribution < 1.29 is 14.3 Å². The highest BCUT2D eigenvalue weighted by Crippen LogP contribution is 2.36. The molecule has 3 rings (SSSR count). The molecule has 1 aliphatic rings. The Balaban J connectivity index is 1.92. The number of nitrogens with one attached hydrogen (secondary N) is 1. The first kappa shape index (κ1) is 13.9. The van der Waals surface area contributed by atoms with E-state index >= 15 is 0 Å². The number of hydrogen-bond donors (Lipinski definition) is 2. The number of halogens is 2. The molecule has 21 heavy (non-hydrogen) atoms. The Bertz CT molecular complexity index is 717.